The highest BCUT2D eigenvalue weighted by Gasteiger charge is 2.32. The van der Waals surface area contributed by atoms with E-state index in [0.29, 0.717) is 43.6 Å². The van der Waals surface area contributed by atoms with Gasteiger partial charge in [0.05, 0.1) is 24.2 Å². The van der Waals surface area contributed by atoms with Crippen molar-refractivity contribution in [3.05, 3.63) is 12.1 Å². The predicted molar refractivity (Wildman–Crippen MR) is 125 cm³/mol. The minimum atomic E-state index is -1.08. The van der Waals surface area contributed by atoms with Gasteiger partial charge in [0.1, 0.15) is 0 Å². The Labute approximate surface area is 210 Å². The summed E-state index contributed by atoms with van der Waals surface area (Å²) in [6, 6.07) is 2.42. The molecule has 0 aromatic carbocycles. The van der Waals surface area contributed by atoms with Crippen LogP contribution in [0.3, 0.4) is 0 Å². The zero-order chi connectivity index (χ0) is 26.9. The van der Waals surface area contributed by atoms with Crippen molar-refractivity contribution >= 4 is 17.8 Å². The molecule has 204 valence electrons. The van der Waals surface area contributed by atoms with E-state index in [4.69, 9.17) is 19.1 Å². The number of carbonyl (C=O) groups excluding carboxylic acids is 3. The number of rotatable bonds is 15. The van der Waals surface area contributed by atoms with E-state index in [1.165, 1.54) is 12.1 Å². The third-order valence-corrected chi connectivity index (χ3v) is 5.70. The van der Waals surface area contributed by atoms with Crippen molar-refractivity contribution in [2.75, 3.05) is 13.2 Å². The minimum Gasteiger partial charge on any atom is -0.492 e. The second-order valence-electron chi connectivity index (χ2n) is 9.93. The van der Waals surface area contributed by atoms with E-state index in [0.717, 1.165) is 5.06 Å². The van der Waals surface area contributed by atoms with Crippen LogP contribution in [-0.2, 0) is 28.7 Å². The second kappa shape index (κ2) is 12.9. The van der Waals surface area contributed by atoms with Gasteiger partial charge in [0.2, 0.25) is 11.8 Å². The standard InChI is InChI=1S/C24H38N2O10/c1-23(2,13-5-7-21(31)35-25-17(27)9-10-18(25)28)34-16-14-24(3,4)33-15-6-8-22(32)36-26-19(29)11-12-20(26)30/h9-10,19,27-29H,5-8,11-16H2,1-4H3. The normalized spacial score (nSPS) is 16.4. The Morgan fingerprint density at radius 2 is 1.47 bits per heavy atom. The van der Waals surface area contributed by atoms with Crippen LogP contribution < -0.4 is 4.84 Å². The van der Waals surface area contributed by atoms with Gasteiger partial charge in [-0.2, -0.15) is 0 Å². The van der Waals surface area contributed by atoms with Gasteiger partial charge < -0.3 is 34.5 Å². The van der Waals surface area contributed by atoms with E-state index in [-0.39, 0.29) is 37.4 Å². The summed E-state index contributed by atoms with van der Waals surface area (Å²) in [6.45, 7) is 8.42. The molecular weight excluding hydrogens is 476 g/mol. The van der Waals surface area contributed by atoms with Crippen molar-refractivity contribution in [1.29, 1.82) is 0 Å². The summed E-state index contributed by atoms with van der Waals surface area (Å²) >= 11 is 0. The SMILES string of the molecule is CC(C)(CCCC(=O)On1c(O)ccc1O)OCCC(C)(C)OCCCC(=O)ON1C(=O)CCC1O. The molecule has 12 nitrogen and oxygen atoms in total. The molecule has 0 radical (unpaired) electrons. The summed E-state index contributed by atoms with van der Waals surface area (Å²) in [7, 11) is 0. The number of aromatic nitrogens is 1. The maximum absolute atomic E-state index is 11.9. The van der Waals surface area contributed by atoms with Crippen LogP contribution in [0.1, 0.15) is 79.1 Å². The minimum absolute atomic E-state index is 0.0577. The molecule has 2 rings (SSSR count). The van der Waals surface area contributed by atoms with Gasteiger partial charge >= 0.3 is 11.9 Å². The molecule has 1 aromatic rings. The fourth-order valence-electron chi connectivity index (χ4n) is 3.50. The molecule has 1 aromatic heterocycles. The average Bonchev–Trinajstić information content (AvgIpc) is 3.26. The monoisotopic (exact) mass is 514 g/mol. The molecular formula is C24H38N2O10. The Balaban J connectivity index is 1.58. The van der Waals surface area contributed by atoms with Gasteiger partial charge in [-0.15, -0.1) is 9.79 Å². The lowest BCUT2D eigenvalue weighted by Gasteiger charge is -2.30. The van der Waals surface area contributed by atoms with Crippen molar-refractivity contribution in [3.8, 4) is 11.8 Å². The fraction of sp³-hybridized carbons (Fsp3) is 0.708. The number of hydroxylamine groups is 2. The number of hydrogen-bond donors (Lipinski definition) is 3. The molecule has 0 aliphatic carbocycles. The van der Waals surface area contributed by atoms with Crippen LogP contribution in [-0.4, -0.2) is 73.6 Å². The first-order valence-electron chi connectivity index (χ1n) is 12.1. The van der Waals surface area contributed by atoms with Gasteiger partial charge in [0.15, 0.2) is 6.23 Å². The summed E-state index contributed by atoms with van der Waals surface area (Å²) in [5, 5.41) is 29.4. The lowest BCUT2D eigenvalue weighted by Crippen LogP contribution is -2.35. The number of ether oxygens (including phenoxy) is 2. The van der Waals surface area contributed by atoms with Gasteiger partial charge in [-0.25, -0.2) is 9.59 Å². The molecule has 1 amide bonds. The Morgan fingerprint density at radius 1 is 0.917 bits per heavy atom. The maximum Gasteiger partial charge on any atom is 0.333 e. The Bertz CT molecular complexity index is 876. The molecule has 1 fully saturated rings. The van der Waals surface area contributed by atoms with Crippen molar-refractivity contribution in [1.82, 2.24) is 9.79 Å². The average molecular weight is 515 g/mol. The highest BCUT2D eigenvalue weighted by atomic mass is 16.7. The zero-order valence-electron chi connectivity index (χ0n) is 21.4. The third kappa shape index (κ3) is 9.67. The number of hydrogen-bond acceptors (Lipinski definition) is 10. The van der Waals surface area contributed by atoms with Crippen LogP contribution in [0, 0.1) is 0 Å². The van der Waals surface area contributed by atoms with Crippen molar-refractivity contribution in [2.45, 2.75) is 96.5 Å². The molecule has 1 unspecified atom stereocenters. The first-order valence-corrected chi connectivity index (χ1v) is 12.1. The third-order valence-electron chi connectivity index (χ3n) is 5.70. The van der Waals surface area contributed by atoms with Crippen LogP contribution in [0.5, 0.6) is 11.8 Å². The van der Waals surface area contributed by atoms with E-state index in [2.05, 4.69) is 0 Å². The van der Waals surface area contributed by atoms with Crippen molar-refractivity contribution in [3.63, 3.8) is 0 Å². The summed E-state index contributed by atoms with van der Waals surface area (Å²) in [4.78, 5) is 45.2. The number of aliphatic hydroxyl groups is 1. The molecule has 1 atom stereocenters. The number of nitrogens with zero attached hydrogens (tertiary/aromatic N) is 2. The van der Waals surface area contributed by atoms with Crippen LogP contribution in [0.15, 0.2) is 12.1 Å². The number of carbonyl (C=O) groups is 3. The lowest BCUT2D eigenvalue weighted by atomic mass is 10.0. The first kappa shape index (κ1) is 29.4. The highest BCUT2D eigenvalue weighted by Crippen LogP contribution is 2.23. The van der Waals surface area contributed by atoms with E-state index in [1.807, 2.05) is 27.7 Å². The van der Waals surface area contributed by atoms with Gasteiger partial charge in [0, 0.05) is 38.0 Å². The lowest BCUT2D eigenvalue weighted by molar-refractivity contribution is -0.220. The predicted octanol–water partition coefficient (Wildman–Crippen LogP) is 2.18. The van der Waals surface area contributed by atoms with Gasteiger partial charge in [-0.1, -0.05) is 0 Å². The summed E-state index contributed by atoms with van der Waals surface area (Å²) < 4.78 is 12.5. The fourth-order valence-corrected chi connectivity index (χ4v) is 3.50. The van der Waals surface area contributed by atoms with E-state index < -0.39 is 35.3 Å². The van der Waals surface area contributed by atoms with Crippen LogP contribution in [0.2, 0.25) is 0 Å². The second-order valence-corrected chi connectivity index (χ2v) is 9.93. The number of aromatic hydroxyl groups is 2. The molecule has 2 heterocycles. The Morgan fingerprint density at radius 3 is 2.08 bits per heavy atom. The number of amides is 1. The Kier molecular flexibility index (Phi) is 10.6. The zero-order valence-corrected chi connectivity index (χ0v) is 21.4. The molecule has 1 aliphatic heterocycles. The molecule has 0 bridgehead atoms. The molecule has 3 N–H and O–H groups in total. The quantitative estimate of drug-likeness (QED) is 0.296. The first-order chi connectivity index (χ1) is 16.8. The topological polar surface area (TPSA) is 157 Å². The van der Waals surface area contributed by atoms with E-state index in [1.54, 1.807) is 0 Å². The summed E-state index contributed by atoms with van der Waals surface area (Å²) in [6.07, 6.45) is 1.55. The number of aliphatic hydroxyl groups excluding tert-OH is 1. The maximum atomic E-state index is 11.9. The summed E-state index contributed by atoms with van der Waals surface area (Å²) in [5.74, 6) is -2.33. The van der Waals surface area contributed by atoms with Gasteiger partial charge in [-0.05, 0) is 53.4 Å². The molecule has 1 aliphatic rings. The highest BCUT2D eigenvalue weighted by molar-refractivity contribution is 5.79. The smallest absolute Gasteiger partial charge is 0.333 e. The van der Waals surface area contributed by atoms with Crippen LogP contribution in [0.25, 0.3) is 0 Å². The molecule has 0 spiro atoms. The van der Waals surface area contributed by atoms with Crippen molar-refractivity contribution in [2.24, 2.45) is 0 Å². The van der Waals surface area contributed by atoms with Crippen LogP contribution >= 0.6 is 0 Å². The summed E-state index contributed by atoms with van der Waals surface area (Å²) in [5.41, 5.74) is -0.985. The van der Waals surface area contributed by atoms with Crippen molar-refractivity contribution < 1.29 is 48.9 Å². The molecule has 12 heteroatoms. The Hall–Kier alpha value is -2.83. The van der Waals surface area contributed by atoms with Gasteiger partial charge in [0.25, 0.3) is 5.91 Å². The largest absolute Gasteiger partial charge is 0.492 e. The van der Waals surface area contributed by atoms with E-state index in [9.17, 15) is 29.7 Å². The van der Waals surface area contributed by atoms with E-state index >= 15 is 0 Å². The molecule has 1 saturated heterocycles. The molecule has 36 heavy (non-hydrogen) atoms. The van der Waals surface area contributed by atoms with Crippen LogP contribution in [0.4, 0.5) is 0 Å². The van der Waals surface area contributed by atoms with Gasteiger partial charge in [-0.3, -0.25) is 4.79 Å². The molecule has 0 saturated carbocycles.